The molecule has 1 aromatic heterocycles. The largest absolute Gasteiger partial charge is 0.480 e. The highest BCUT2D eigenvalue weighted by molar-refractivity contribution is 6.42. The molecule has 2 atom stereocenters. The van der Waals surface area contributed by atoms with Crippen LogP contribution in [0.25, 0.3) is 5.69 Å². The predicted octanol–water partition coefficient (Wildman–Crippen LogP) is 2.88. The highest BCUT2D eigenvalue weighted by Gasteiger charge is 2.29. The van der Waals surface area contributed by atoms with E-state index in [1.165, 1.54) is 0 Å². The van der Waals surface area contributed by atoms with Crippen LogP contribution in [0, 0.1) is 12.8 Å². The Labute approximate surface area is 160 Å². The number of anilines is 1. The molecule has 1 amide bonds. The molecule has 1 fully saturated rings. The van der Waals surface area contributed by atoms with Crippen LogP contribution < -0.4 is 10.6 Å². The smallest absolute Gasteiger partial charge is 0.320 e. The van der Waals surface area contributed by atoms with E-state index in [0.717, 1.165) is 11.4 Å². The number of carbonyl (C=O) groups is 2. The third kappa shape index (κ3) is 4.00. The lowest BCUT2D eigenvalue weighted by molar-refractivity contribution is -0.141. The average molecular weight is 397 g/mol. The summed E-state index contributed by atoms with van der Waals surface area (Å²) in [5.74, 6) is -0.931. The normalized spacial score (nSPS) is 20.0. The molecular weight excluding hydrogens is 379 g/mol. The molecule has 1 aliphatic rings. The molecule has 1 aliphatic heterocycles. The molecule has 2 unspecified atom stereocenters. The number of nitrogens with one attached hydrogen (secondary N) is 2. The maximum atomic E-state index is 12.4. The SMILES string of the molecule is Cc1cc(NC(=O)C2CCC(C(=O)O)NC2)nn1-c1ccc(Cl)c(Cl)c1. The lowest BCUT2D eigenvalue weighted by Gasteiger charge is -2.26. The molecule has 3 rings (SSSR count). The minimum absolute atomic E-state index is 0.180. The zero-order valence-corrected chi connectivity index (χ0v) is 15.5. The Morgan fingerprint density at radius 2 is 2.04 bits per heavy atom. The summed E-state index contributed by atoms with van der Waals surface area (Å²) in [7, 11) is 0. The summed E-state index contributed by atoms with van der Waals surface area (Å²) in [5, 5.41) is 19.9. The van der Waals surface area contributed by atoms with E-state index in [1.54, 1.807) is 28.9 Å². The fraction of sp³-hybridized carbons (Fsp3) is 0.353. The number of amides is 1. The number of aromatic nitrogens is 2. The number of nitrogens with zero attached hydrogens (tertiary/aromatic N) is 2. The van der Waals surface area contributed by atoms with Crippen LogP contribution >= 0.6 is 23.2 Å². The average Bonchev–Trinajstić information content (AvgIpc) is 2.97. The summed E-state index contributed by atoms with van der Waals surface area (Å²) >= 11 is 12.0. The van der Waals surface area contributed by atoms with E-state index in [0.29, 0.717) is 35.2 Å². The Balaban J connectivity index is 1.68. The number of hydrogen-bond acceptors (Lipinski definition) is 4. The zero-order valence-electron chi connectivity index (χ0n) is 14.0. The number of benzene rings is 1. The molecule has 0 saturated carbocycles. The Hall–Kier alpha value is -2.09. The third-order valence-corrected chi connectivity index (χ3v) is 5.11. The molecule has 7 nitrogen and oxygen atoms in total. The zero-order chi connectivity index (χ0) is 18.8. The summed E-state index contributed by atoms with van der Waals surface area (Å²) in [6, 6.07) is 6.35. The lowest BCUT2D eigenvalue weighted by Crippen LogP contribution is -2.46. The van der Waals surface area contributed by atoms with Gasteiger partial charge in [0.05, 0.1) is 21.7 Å². The molecule has 26 heavy (non-hydrogen) atoms. The van der Waals surface area contributed by atoms with Crippen molar-refractivity contribution in [2.45, 2.75) is 25.8 Å². The van der Waals surface area contributed by atoms with E-state index < -0.39 is 12.0 Å². The molecule has 1 saturated heterocycles. The summed E-state index contributed by atoms with van der Waals surface area (Å²) in [6.45, 7) is 2.19. The number of rotatable bonds is 4. The van der Waals surface area contributed by atoms with Crippen molar-refractivity contribution in [2.24, 2.45) is 5.92 Å². The molecule has 0 spiro atoms. The van der Waals surface area contributed by atoms with E-state index in [9.17, 15) is 9.59 Å². The van der Waals surface area contributed by atoms with Crippen molar-refractivity contribution in [2.75, 3.05) is 11.9 Å². The van der Waals surface area contributed by atoms with Gasteiger partial charge in [-0.05, 0) is 38.0 Å². The maximum Gasteiger partial charge on any atom is 0.320 e. The summed E-state index contributed by atoms with van der Waals surface area (Å²) < 4.78 is 1.66. The number of carboxylic acid groups (broad SMARTS) is 1. The van der Waals surface area contributed by atoms with E-state index >= 15 is 0 Å². The van der Waals surface area contributed by atoms with Gasteiger partial charge in [0.2, 0.25) is 5.91 Å². The Morgan fingerprint density at radius 1 is 1.27 bits per heavy atom. The van der Waals surface area contributed by atoms with Crippen LogP contribution in [-0.4, -0.2) is 39.4 Å². The van der Waals surface area contributed by atoms with Crippen molar-refractivity contribution in [3.63, 3.8) is 0 Å². The van der Waals surface area contributed by atoms with Crippen molar-refractivity contribution < 1.29 is 14.7 Å². The molecule has 3 N–H and O–H groups in total. The van der Waals surface area contributed by atoms with Crippen molar-refractivity contribution in [1.82, 2.24) is 15.1 Å². The van der Waals surface area contributed by atoms with Gasteiger partial charge in [-0.25, -0.2) is 4.68 Å². The van der Waals surface area contributed by atoms with Crippen molar-refractivity contribution in [1.29, 1.82) is 0 Å². The summed E-state index contributed by atoms with van der Waals surface area (Å²) in [5.41, 5.74) is 1.56. The molecule has 0 aliphatic carbocycles. The van der Waals surface area contributed by atoms with Crippen LogP contribution in [0.4, 0.5) is 5.82 Å². The second-order valence-electron chi connectivity index (χ2n) is 6.24. The van der Waals surface area contributed by atoms with Crippen LogP contribution in [-0.2, 0) is 9.59 Å². The van der Waals surface area contributed by atoms with Gasteiger partial charge < -0.3 is 15.7 Å². The van der Waals surface area contributed by atoms with E-state index in [2.05, 4.69) is 15.7 Å². The third-order valence-electron chi connectivity index (χ3n) is 4.37. The van der Waals surface area contributed by atoms with Gasteiger partial charge in [0.1, 0.15) is 6.04 Å². The van der Waals surface area contributed by atoms with E-state index in [1.807, 2.05) is 6.92 Å². The first kappa shape index (κ1) is 18.7. The van der Waals surface area contributed by atoms with Gasteiger partial charge in [0.15, 0.2) is 5.82 Å². The molecule has 9 heteroatoms. The van der Waals surface area contributed by atoms with Gasteiger partial charge in [0.25, 0.3) is 0 Å². The minimum atomic E-state index is -0.889. The lowest BCUT2D eigenvalue weighted by atomic mass is 9.94. The topological polar surface area (TPSA) is 96.2 Å². The van der Waals surface area contributed by atoms with Crippen LogP contribution in [0.1, 0.15) is 18.5 Å². The number of aliphatic carboxylic acids is 1. The standard InChI is InChI=1S/C17H18Cl2N4O3/c1-9-6-15(22-23(9)11-3-4-12(18)13(19)7-11)21-16(24)10-2-5-14(17(25)26)20-8-10/h3-4,6-7,10,14,20H,2,5,8H2,1H3,(H,25,26)(H,21,22,24). The van der Waals surface area contributed by atoms with Gasteiger partial charge in [-0.3, -0.25) is 9.59 Å². The highest BCUT2D eigenvalue weighted by Crippen LogP contribution is 2.26. The van der Waals surface area contributed by atoms with Gasteiger partial charge in [-0.2, -0.15) is 0 Å². The molecule has 138 valence electrons. The summed E-state index contributed by atoms with van der Waals surface area (Å²) in [4.78, 5) is 23.4. The number of carbonyl (C=O) groups excluding carboxylic acids is 1. The molecule has 0 radical (unpaired) electrons. The van der Waals surface area contributed by atoms with Crippen molar-refractivity contribution in [3.8, 4) is 5.69 Å². The van der Waals surface area contributed by atoms with E-state index in [-0.39, 0.29) is 11.8 Å². The molecular formula is C17H18Cl2N4O3. The summed E-state index contributed by atoms with van der Waals surface area (Å²) in [6.07, 6.45) is 0.937. The molecule has 2 heterocycles. The van der Waals surface area contributed by atoms with Gasteiger partial charge >= 0.3 is 5.97 Å². The van der Waals surface area contributed by atoms with Gasteiger partial charge in [0, 0.05) is 18.3 Å². The predicted molar refractivity (Wildman–Crippen MR) is 99.1 cm³/mol. The number of aryl methyl sites for hydroxylation is 1. The molecule has 2 aromatic rings. The maximum absolute atomic E-state index is 12.4. The van der Waals surface area contributed by atoms with Gasteiger partial charge in [-0.1, -0.05) is 23.2 Å². The number of hydrogen-bond donors (Lipinski definition) is 3. The second-order valence-corrected chi connectivity index (χ2v) is 7.06. The fourth-order valence-corrected chi connectivity index (χ4v) is 3.23. The van der Waals surface area contributed by atoms with Crippen LogP contribution in [0.5, 0.6) is 0 Å². The molecule has 1 aromatic carbocycles. The Kier molecular flexibility index (Phi) is 5.50. The second kappa shape index (κ2) is 7.65. The first-order valence-electron chi connectivity index (χ1n) is 8.14. The van der Waals surface area contributed by atoms with Crippen LogP contribution in [0.2, 0.25) is 10.0 Å². The highest BCUT2D eigenvalue weighted by atomic mass is 35.5. The van der Waals surface area contributed by atoms with E-state index in [4.69, 9.17) is 28.3 Å². The van der Waals surface area contributed by atoms with Gasteiger partial charge in [-0.15, -0.1) is 5.10 Å². The first-order valence-corrected chi connectivity index (χ1v) is 8.90. The fourth-order valence-electron chi connectivity index (χ4n) is 2.93. The minimum Gasteiger partial charge on any atom is -0.480 e. The van der Waals surface area contributed by atoms with Crippen molar-refractivity contribution in [3.05, 3.63) is 40.0 Å². The number of halogens is 2. The van der Waals surface area contributed by atoms with Crippen molar-refractivity contribution >= 4 is 40.9 Å². The Morgan fingerprint density at radius 3 is 2.65 bits per heavy atom. The Bertz CT molecular complexity index is 845. The van der Waals surface area contributed by atoms with Crippen LogP contribution in [0.15, 0.2) is 24.3 Å². The monoisotopic (exact) mass is 396 g/mol. The first-order chi connectivity index (χ1) is 12.3. The van der Waals surface area contributed by atoms with Crippen LogP contribution in [0.3, 0.4) is 0 Å². The number of carboxylic acids is 1. The quantitative estimate of drug-likeness (QED) is 0.738. The molecule has 0 bridgehead atoms. The number of piperidine rings is 1.